The highest BCUT2D eigenvalue weighted by atomic mass is 35.5. The molecular weight excluding hydrogens is 392 g/mol. The van der Waals surface area contributed by atoms with E-state index in [1.807, 2.05) is 26.8 Å². The molecule has 1 amide bonds. The Morgan fingerprint density at radius 3 is 2.59 bits per heavy atom. The fourth-order valence-corrected chi connectivity index (χ4v) is 4.02. The Bertz CT molecular complexity index is 996. The van der Waals surface area contributed by atoms with Gasteiger partial charge in [0.2, 0.25) is 0 Å². The SMILES string of the molecule is CCC(CC)n1c(=O)[nH]c2ncc(Cl)c(C3=CCN(C(=O)OC(C)(C)C)CC3)c21. The van der Waals surface area contributed by atoms with Gasteiger partial charge in [-0.05, 0) is 45.6 Å². The first-order chi connectivity index (χ1) is 13.7. The van der Waals surface area contributed by atoms with Gasteiger partial charge in [-0.1, -0.05) is 31.5 Å². The van der Waals surface area contributed by atoms with Crippen molar-refractivity contribution in [2.75, 3.05) is 13.1 Å². The zero-order valence-electron chi connectivity index (χ0n) is 17.7. The third-order valence-corrected chi connectivity index (χ3v) is 5.47. The molecule has 3 rings (SSSR count). The van der Waals surface area contributed by atoms with Gasteiger partial charge in [0.25, 0.3) is 0 Å². The molecule has 2 aromatic heterocycles. The van der Waals surface area contributed by atoms with Crippen molar-refractivity contribution in [3.63, 3.8) is 0 Å². The smallest absolute Gasteiger partial charge is 0.410 e. The molecule has 158 valence electrons. The van der Waals surface area contributed by atoms with E-state index < -0.39 is 5.60 Å². The molecule has 2 aromatic rings. The molecule has 0 atom stereocenters. The standard InChI is InChI=1S/C21H29ClN4O3/c1-6-14(7-2)26-17-16(15(22)12-23-18(17)24-19(26)27)13-8-10-25(11-9-13)20(28)29-21(3,4)5/h8,12,14H,6-7,9-11H2,1-5H3,(H,23,24,27). The second-order valence-corrected chi connectivity index (χ2v) is 8.76. The molecule has 0 bridgehead atoms. The molecule has 0 unspecified atom stereocenters. The highest BCUT2D eigenvalue weighted by molar-refractivity contribution is 6.33. The molecular formula is C21H29ClN4O3. The van der Waals surface area contributed by atoms with Crippen molar-refractivity contribution in [3.05, 3.63) is 33.3 Å². The second kappa shape index (κ2) is 8.22. The molecule has 7 nitrogen and oxygen atoms in total. The number of hydrogen-bond donors (Lipinski definition) is 1. The van der Waals surface area contributed by atoms with E-state index in [-0.39, 0.29) is 17.8 Å². The number of halogens is 1. The normalized spacial score (nSPS) is 15.1. The molecule has 0 aromatic carbocycles. The Labute approximate surface area is 175 Å². The van der Waals surface area contributed by atoms with E-state index in [1.165, 1.54) is 0 Å². The van der Waals surface area contributed by atoms with Crippen LogP contribution in [0.3, 0.4) is 0 Å². The lowest BCUT2D eigenvalue weighted by molar-refractivity contribution is 0.0270. The fourth-order valence-electron chi connectivity index (χ4n) is 3.76. The van der Waals surface area contributed by atoms with E-state index >= 15 is 0 Å². The summed E-state index contributed by atoms with van der Waals surface area (Å²) >= 11 is 6.56. The third kappa shape index (κ3) is 4.34. The van der Waals surface area contributed by atoms with Crippen molar-refractivity contribution in [2.24, 2.45) is 0 Å². The molecule has 29 heavy (non-hydrogen) atoms. The molecule has 0 aliphatic carbocycles. The average Bonchev–Trinajstić information content (AvgIpc) is 2.98. The lowest BCUT2D eigenvalue weighted by Crippen LogP contribution is -2.39. The van der Waals surface area contributed by atoms with Crippen molar-refractivity contribution < 1.29 is 9.53 Å². The summed E-state index contributed by atoms with van der Waals surface area (Å²) < 4.78 is 7.25. The first-order valence-corrected chi connectivity index (χ1v) is 10.5. The van der Waals surface area contributed by atoms with Crippen LogP contribution < -0.4 is 5.69 Å². The number of ether oxygens (including phenoxy) is 1. The lowest BCUT2D eigenvalue weighted by Gasteiger charge is -2.30. The number of aromatic nitrogens is 3. The first-order valence-electron chi connectivity index (χ1n) is 10.1. The highest BCUT2D eigenvalue weighted by Gasteiger charge is 2.27. The van der Waals surface area contributed by atoms with Gasteiger partial charge >= 0.3 is 11.8 Å². The van der Waals surface area contributed by atoms with E-state index in [0.29, 0.717) is 30.2 Å². The maximum atomic E-state index is 12.7. The van der Waals surface area contributed by atoms with Crippen LogP contribution >= 0.6 is 11.6 Å². The Morgan fingerprint density at radius 1 is 1.34 bits per heavy atom. The molecule has 1 aliphatic heterocycles. The zero-order valence-corrected chi connectivity index (χ0v) is 18.5. The van der Waals surface area contributed by atoms with Crippen LogP contribution in [0, 0.1) is 0 Å². The predicted octanol–water partition coefficient (Wildman–Crippen LogP) is 4.76. The van der Waals surface area contributed by atoms with Gasteiger partial charge in [0, 0.05) is 30.9 Å². The number of hydrogen-bond acceptors (Lipinski definition) is 4. The number of carbonyl (C=O) groups is 1. The average molecular weight is 421 g/mol. The minimum Gasteiger partial charge on any atom is -0.444 e. The Balaban J connectivity index is 2.01. The molecule has 3 heterocycles. The fraction of sp³-hybridized carbons (Fsp3) is 0.571. The summed E-state index contributed by atoms with van der Waals surface area (Å²) in [4.78, 5) is 33.9. The third-order valence-electron chi connectivity index (χ3n) is 5.18. The number of nitrogens with one attached hydrogen (secondary N) is 1. The van der Waals surface area contributed by atoms with Crippen LogP contribution in [0.15, 0.2) is 17.1 Å². The van der Waals surface area contributed by atoms with Gasteiger partial charge in [0.1, 0.15) is 5.60 Å². The first kappa shape index (κ1) is 21.4. The van der Waals surface area contributed by atoms with Gasteiger partial charge in [0.05, 0.1) is 10.5 Å². The largest absolute Gasteiger partial charge is 0.444 e. The van der Waals surface area contributed by atoms with Crippen molar-refractivity contribution in [1.29, 1.82) is 0 Å². The Kier molecular flexibility index (Phi) is 6.08. The minimum absolute atomic E-state index is 0.0673. The van der Waals surface area contributed by atoms with Gasteiger partial charge in [-0.25, -0.2) is 14.6 Å². The van der Waals surface area contributed by atoms with E-state index in [4.69, 9.17) is 16.3 Å². The van der Waals surface area contributed by atoms with Gasteiger partial charge in [-0.15, -0.1) is 0 Å². The quantitative estimate of drug-likeness (QED) is 0.772. The number of aromatic amines is 1. The molecule has 0 saturated heterocycles. The zero-order chi connectivity index (χ0) is 21.3. The summed E-state index contributed by atoms with van der Waals surface area (Å²) in [7, 11) is 0. The number of fused-ring (bicyclic) bond motifs is 1. The number of amides is 1. The van der Waals surface area contributed by atoms with E-state index in [9.17, 15) is 9.59 Å². The predicted molar refractivity (Wildman–Crippen MR) is 115 cm³/mol. The molecule has 1 N–H and O–H groups in total. The monoisotopic (exact) mass is 420 g/mol. The summed E-state index contributed by atoms with van der Waals surface area (Å²) in [6, 6.07) is 0.0673. The summed E-state index contributed by atoms with van der Waals surface area (Å²) in [6.45, 7) is 10.7. The van der Waals surface area contributed by atoms with Gasteiger partial charge in [-0.3, -0.25) is 9.55 Å². The Morgan fingerprint density at radius 2 is 2.03 bits per heavy atom. The number of rotatable bonds is 4. The highest BCUT2D eigenvalue weighted by Crippen LogP contribution is 2.35. The number of nitrogens with zero attached hydrogens (tertiary/aromatic N) is 3. The van der Waals surface area contributed by atoms with Crippen LogP contribution in [0.1, 0.15) is 65.5 Å². The Hall–Kier alpha value is -2.28. The molecule has 1 aliphatic rings. The van der Waals surface area contributed by atoms with E-state index in [1.54, 1.807) is 15.7 Å². The minimum atomic E-state index is -0.530. The topological polar surface area (TPSA) is 80.2 Å². The number of imidazole rings is 1. The summed E-state index contributed by atoms with van der Waals surface area (Å²) in [5, 5.41) is 0.508. The number of H-pyrrole nitrogens is 1. The number of carbonyl (C=O) groups excluding carboxylic acids is 1. The van der Waals surface area contributed by atoms with E-state index in [0.717, 1.165) is 29.5 Å². The van der Waals surface area contributed by atoms with Crippen LogP contribution in [-0.4, -0.2) is 44.2 Å². The van der Waals surface area contributed by atoms with E-state index in [2.05, 4.69) is 23.8 Å². The summed E-state index contributed by atoms with van der Waals surface area (Å²) in [5.41, 5.74) is 2.42. The lowest BCUT2D eigenvalue weighted by atomic mass is 9.99. The maximum Gasteiger partial charge on any atom is 0.410 e. The van der Waals surface area contributed by atoms with Gasteiger partial charge in [-0.2, -0.15) is 0 Å². The van der Waals surface area contributed by atoms with Gasteiger partial charge in [0.15, 0.2) is 5.65 Å². The summed E-state index contributed by atoms with van der Waals surface area (Å²) in [5.74, 6) is 0. The number of pyridine rings is 1. The van der Waals surface area contributed by atoms with Gasteiger partial charge < -0.3 is 9.64 Å². The van der Waals surface area contributed by atoms with Crippen molar-refractivity contribution in [2.45, 2.75) is 65.5 Å². The van der Waals surface area contributed by atoms with Crippen LogP contribution in [-0.2, 0) is 4.74 Å². The maximum absolute atomic E-state index is 12.7. The van der Waals surface area contributed by atoms with Crippen LogP contribution in [0.5, 0.6) is 0 Å². The molecule has 0 saturated carbocycles. The van der Waals surface area contributed by atoms with Crippen LogP contribution in [0.4, 0.5) is 4.79 Å². The molecule has 0 spiro atoms. The molecule has 0 fully saturated rings. The van der Waals surface area contributed by atoms with Crippen LogP contribution in [0.25, 0.3) is 16.7 Å². The van der Waals surface area contributed by atoms with Crippen molar-refractivity contribution >= 4 is 34.4 Å². The van der Waals surface area contributed by atoms with Crippen molar-refractivity contribution in [1.82, 2.24) is 19.4 Å². The summed E-state index contributed by atoms with van der Waals surface area (Å²) in [6.07, 6.45) is 5.53. The van der Waals surface area contributed by atoms with Crippen molar-refractivity contribution in [3.8, 4) is 0 Å². The second-order valence-electron chi connectivity index (χ2n) is 8.35. The molecule has 0 radical (unpaired) electrons. The molecule has 8 heteroatoms. The van der Waals surface area contributed by atoms with Crippen LogP contribution in [0.2, 0.25) is 5.02 Å².